The lowest BCUT2D eigenvalue weighted by Gasteiger charge is -2.32. The average Bonchev–Trinajstić information content (AvgIpc) is 3.02. The van der Waals surface area contributed by atoms with Crippen LogP contribution in [0.5, 0.6) is 5.75 Å². The molecule has 26 heavy (non-hydrogen) atoms. The first-order valence-corrected chi connectivity index (χ1v) is 8.69. The summed E-state index contributed by atoms with van der Waals surface area (Å²) >= 11 is 0. The van der Waals surface area contributed by atoms with Crippen LogP contribution in [-0.2, 0) is 6.42 Å². The van der Waals surface area contributed by atoms with Crippen molar-refractivity contribution in [2.75, 3.05) is 13.6 Å². The molecule has 0 radical (unpaired) electrons. The Bertz CT molecular complexity index is 1210. The Hall–Kier alpha value is -3.05. The lowest BCUT2D eigenvalue weighted by molar-refractivity contribution is 0.251. The van der Waals surface area contributed by atoms with Crippen LogP contribution in [0.3, 0.4) is 0 Å². The van der Waals surface area contributed by atoms with Gasteiger partial charge >= 0.3 is 5.63 Å². The van der Waals surface area contributed by atoms with Crippen molar-refractivity contribution in [1.29, 1.82) is 0 Å². The number of benzene rings is 2. The Morgan fingerprint density at radius 1 is 1.12 bits per heavy atom. The van der Waals surface area contributed by atoms with Gasteiger partial charge in [0.15, 0.2) is 0 Å². The molecular formula is C21H18N2O3. The monoisotopic (exact) mass is 346 g/mol. The Kier molecular flexibility index (Phi) is 3.21. The topological polar surface area (TPSA) is 69.5 Å². The van der Waals surface area contributed by atoms with Crippen molar-refractivity contribution in [3.8, 4) is 5.75 Å². The molecule has 5 rings (SSSR count). The first-order chi connectivity index (χ1) is 12.6. The number of hydrogen-bond acceptors (Lipinski definition) is 4. The number of nitrogens with zero attached hydrogens (tertiary/aromatic N) is 1. The van der Waals surface area contributed by atoms with Gasteiger partial charge in [0.2, 0.25) is 0 Å². The number of aromatic amines is 1. The molecule has 0 spiro atoms. The lowest BCUT2D eigenvalue weighted by Crippen LogP contribution is -2.35. The van der Waals surface area contributed by atoms with Gasteiger partial charge < -0.3 is 14.5 Å². The molecule has 0 bridgehead atoms. The van der Waals surface area contributed by atoms with Gasteiger partial charge in [-0.1, -0.05) is 30.3 Å². The Balaban J connectivity index is 1.82. The van der Waals surface area contributed by atoms with Gasteiger partial charge in [0.25, 0.3) is 0 Å². The van der Waals surface area contributed by atoms with Gasteiger partial charge in [0, 0.05) is 23.1 Å². The van der Waals surface area contributed by atoms with Gasteiger partial charge in [-0.15, -0.1) is 0 Å². The lowest BCUT2D eigenvalue weighted by atomic mass is 9.92. The standard InChI is InChI=1S/C21H18N2O3/c1-23-11-10-13-12-6-2-4-8-15(12)22-18(13)19(23)17-20(24)14-7-3-5-9-16(14)26-21(17)25/h2-9,19,22,24H,10-11H2,1H3. The molecule has 0 amide bonds. The first-order valence-electron chi connectivity index (χ1n) is 8.69. The molecule has 5 heteroatoms. The normalized spacial score (nSPS) is 17.7. The number of likely N-dealkylation sites (N-methyl/N-ethyl adjacent to an activating group) is 1. The second kappa shape index (κ2) is 5.47. The maximum atomic E-state index is 12.8. The van der Waals surface area contributed by atoms with Gasteiger partial charge in [-0.05, 0) is 37.2 Å². The first kappa shape index (κ1) is 15.2. The Morgan fingerprint density at radius 2 is 1.85 bits per heavy atom. The number of aromatic hydroxyl groups is 1. The van der Waals surface area contributed by atoms with Crippen LogP contribution in [0, 0.1) is 0 Å². The predicted octanol–water partition coefficient (Wildman–Crippen LogP) is 3.56. The van der Waals surface area contributed by atoms with E-state index < -0.39 is 5.63 Å². The summed E-state index contributed by atoms with van der Waals surface area (Å²) in [5.41, 5.74) is 3.40. The van der Waals surface area contributed by atoms with Gasteiger partial charge in [-0.2, -0.15) is 0 Å². The largest absolute Gasteiger partial charge is 0.507 e. The van der Waals surface area contributed by atoms with Crippen molar-refractivity contribution in [1.82, 2.24) is 9.88 Å². The summed E-state index contributed by atoms with van der Waals surface area (Å²) in [5, 5.41) is 12.6. The maximum absolute atomic E-state index is 12.8. The van der Waals surface area contributed by atoms with Crippen molar-refractivity contribution in [3.63, 3.8) is 0 Å². The number of nitrogens with one attached hydrogen (secondary N) is 1. The molecular weight excluding hydrogens is 328 g/mol. The van der Waals surface area contributed by atoms with Crippen LogP contribution in [0.1, 0.15) is 22.9 Å². The van der Waals surface area contributed by atoms with Crippen molar-refractivity contribution in [2.45, 2.75) is 12.5 Å². The van der Waals surface area contributed by atoms with E-state index >= 15 is 0 Å². The number of rotatable bonds is 1. The fourth-order valence-corrected chi connectivity index (χ4v) is 4.11. The molecule has 0 saturated heterocycles. The number of aromatic nitrogens is 1. The van der Waals surface area contributed by atoms with E-state index in [-0.39, 0.29) is 11.8 Å². The highest BCUT2D eigenvalue weighted by atomic mass is 16.4. The highest BCUT2D eigenvalue weighted by Gasteiger charge is 2.34. The third-order valence-corrected chi connectivity index (χ3v) is 5.37. The Morgan fingerprint density at radius 3 is 2.69 bits per heavy atom. The van der Waals surface area contributed by atoms with E-state index in [4.69, 9.17) is 4.42 Å². The quantitative estimate of drug-likeness (QED) is 0.517. The zero-order chi connectivity index (χ0) is 17.8. The molecule has 4 aromatic rings. The molecule has 2 N–H and O–H groups in total. The maximum Gasteiger partial charge on any atom is 0.345 e. The molecule has 1 aliphatic rings. The summed E-state index contributed by atoms with van der Waals surface area (Å²) in [7, 11) is 1.97. The third-order valence-electron chi connectivity index (χ3n) is 5.37. The Labute approximate surface area is 149 Å². The molecule has 3 heterocycles. The number of fused-ring (bicyclic) bond motifs is 4. The van der Waals surface area contributed by atoms with Crippen molar-refractivity contribution in [3.05, 3.63) is 75.8 Å². The van der Waals surface area contributed by atoms with Crippen LogP contribution in [0.4, 0.5) is 0 Å². The molecule has 5 nitrogen and oxygen atoms in total. The van der Waals surface area contributed by atoms with Gasteiger partial charge in [0.05, 0.1) is 11.4 Å². The molecule has 0 aliphatic carbocycles. The van der Waals surface area contributed by atoms with Crippen LogP contribution in [-0.4, -0.2) is 28.6 Å². The summed E-state index contributed by atoms with van der Waals surface area (Å²) in [6.07, 6.45) is 0.895. The molecule has 1 unspecified atom stereocenters. The molecule has 130 valence electrons. The minimum absolute atomic E-state index is 0.000191. The second-order valence-corrected chi connectivity index (χ2v) is 6.84. The summed E-state index contributed by atoms with van der Waals surface area (Å²) in [5.74, 6) is 0.000191. The number of hydrogen-bond donors (Lipinski definition) is 2. The molecule has 0 fully saturated rings. The highest BCUT2D eigenvalue weighted by Crippen LogP contribution is 2.40. The van der Waals surface area contributed by atoms with Gasteiger partial charge in [-0.25, -0.2) is 4.79 Å². The minimum Gasteiger partial charge on any atom is -0.507 e. The van der Waals surface area contributed by atoms with Crippen LogP contribution < -0.4 is 5.63 Å². The second-order valence-electron chi connectivity index (χ2n) is 6.84. The van der Waals surface area contributed by atoms with E-state index in [1.807, 2.05) is 31.3 Å². The van der Waals surface area contributed by atoms with Gasteiger partial charge in [0.1, 0.15) is 16.9 Å². The minimum atomic E-state index is -0.496. The molecule has 2 aromatic heterocycles. The van der Waals surface area contributed by atoms with Crippen LogP contribution in [0.25, 0.3) is 21.9 Å². The summed E-state index contributed by atoms with van der Waals surface area (Å²) < 4.78 is 5.51. The smallest absolute Gasteiger partial charge is 0.345 e. The third kappa shape index (κ3) is 2.04. The fourth-order valence-electron chi connectivity index (χ4n) is 4.11. The zero-order valence-electron chi connectivity index (χ0n) is 14.3. The number of para-hydroxylation sites is 2. The SMILES string of the molecule is CN1CCc2c([nH]c3ccccc23)C1c1c(O)c2ccccc2oc1=O. The van der Waals surface area contributed by atoms with Crippen molar-refractivity contribution >= 4 is 21.9 Å². The van der Waals surface area contributed by atoms with E-state index in [9.17, 15) is 9.90 Å². The summed E-state index contributed by atoms with van der Waals surface area (Å²) in [6.45, 7) is 0.797. The summed E-state index contributed by atoms with van der Waals surface area (Å²) in [4.78, 5) is 18.3. The van der Waals surface area contributed by atoms with E-state index in [0.29, 0.717) is 16.5 Å². The average molecular weight is 346 g/mol. The fraction of sp³-hybridized carbons (Fsp3) is 0.190. The van der Waals surface area contributed by atoms with E-state index in [0.717, 1.165) is 24.2 Å². The van der Waals surface area contributed by atoms with E-state index in [1.165, 1.54) is 10.9 Å². The molecule has 0 saturated carbocycles. The van der Waals surface area contributed by atoms with Crippen LogP contribution in [0.2, 0.25) is 0 Å². The van der Waals surface area contributed by atoms with Gasteiger partial charge in [-0.3, -0.25) is 4.90 Å². The molecule has 1 atom stereocenters. The number of H-pyrrole nitrogens is 1. The van der Waals surface area contributed by atoms with Crippen LogP contribution in [0.15, 0.2) is 57.7 Å². The predicted molar refractivity (Wildman–Crippen MR) is 101 cm³/mol. The highest BCUT2D eigenvalue weighted by molar-refractivity contribution is 5.87. The van der Waals surface area contributed by atoms with E-state index in [1.54, 1.807) is 18.2 Å². The van der Waals surface area contributed by atoms with Crippen molar-refractivity contribution in [2.24, 2.45) is 0 Å². The molecule has 1 aliphatic heterocycles. The van der Waals surface area contributed by atoms with Crippen molar-refractivity contribution < 1.29 is 9.52 Å². The molecule has 2 aromatic carbocycles. The van der Waals surface area contributed by atoms with E-state index in [2.05, 4.69) is 16.0 Å². The zero-order valence-corrected chi connectivity index (χ0v) is 14.3. The summed E-state index contributed by atoms with van der Waals surface area (Å²) in [6, 6.07) is 14.8. The van der Waals surface area contributed by atoms with Crippen LogP contribution >= 0.6 is 0 Å².